The summed E-state index contributed by atoms with van der Waals surface area (Å²) in [6.45, 7) is 4.54. The van der Waals surface area contributed by atoms with E-state index in [0.717, 1.165) is 24.0 Å². The predicted octanol–water partition coefficient (Wildman–Crippen LogP) is 3.32. The molecule has 1 aromatic rings. The highest BCUT2D eigenvalue weighted by Crippen LogP contribution is 2.24. The number of hydrogen-bond acceptors (Lipinski definition) is 2. The van der Waals surface area contributed by atoms with Crippen LogP contribution in [0.4, 0.5) is 0 Å². The third-order valence-corrected chi connectivity index (χ3v) is 4.67. The van der Waals surface area contributed by atoms with Crippen LogP contribution in [0.5, 0.6) is 0 Å². The largest absolute Gasteiger partial charge is 0.337 e. The van der Waals surface area contributed by atoms with Crippen LogP contribution in [-0.2, 0) is 0 Å². The first-order chi connectivity index (χ1) is 9.11. The molecule has 1 heterocycles. The molecular formula is C14H18BrClN2O. The summed E-state index contributed by atoms with van der Waals surface area (Å²) in [5.74, 6) is 0.0469. The van der Waals surface area contributed by atoms with Crippen LogP contribution in [0, 0.1) is 0 Å². The average Bonchev–Trinajstić information content (AvgIpc) is 2.91. The summed E-state index contributed by atoms with van der Waals surface area (Å²) in [6.07, 6.45) is 2.34. The van der Waals surface area contributed by atoms with Gasteiger partial charge in [0.25, 0.3) is 5.91 Å². The van der Waals surface area contributed by atoms with Gasteiger partial charge in [0.15, 0.2) is 0 Å². The summed E-state index contributed by atoms with van der Waals surface area (Å²) in [7, 11) is 0. The maximum Gasteiger partial charge on any atom is 0.253 e. The van der Waals surface area contributed by atoms with Crippen molar-refractivity contribution in [3.8, 4) is 0 Å². The SMILES string of the molecule is CCN(CC1CCCN1)C(=O)c1ccc(Br)c(Cl)c1. The molecule has 1 amide bonds. The first-order valence-corrected chi connectivity index (χ1v) is 7.76. The first-order valence-electron chi connectivity index (χ1n) is 6.59. The zero-order valence-electron chi connectivity index (χ0n) is 11.0. The van der Waals surface area contributed by atoms with Gasteiger partial charge in [-0.3, -0.25) is 4.79 Å². The van der Waals surface area contributed by atoms with Gasteiger partial charge in [0.1, 0.15) is 0 Å². The molecule has 1 atom stereocenters. The van der Waals surface area contributed by atoms with E-state index in [1.54, 1.807) is 6.07 Å². The Labute approximate surface area is 127 Å². The van der Waals surface area contributed by atoms with Gasteiger partial charge in [-0.05, 0) is 60.4 Å². The van der Waals surface area contributed by atoms with Gasteiger partial charge < -0.3 is 10.2 Å². The molecule has 1 aliphatic heterocycles. The smallest absolute Gasteiger partial charge is 0.253 e. The Balaban J connectivity index is 2.08. The van der Waals surface area contributed by atoms with Crippen molar-refractivity contribution in [3.63, 3.8) is 0 Å². The van der Waals surface area contributed by atoms with Gasteiger partial charge in [-0.15, -0.1) is 0 Å². The zero-order valence-corrected chi connectivity index (χ0v) is 13.3. The molecule has 0 saturated carbocycles. The van der Waals surface area contributed by atoms with Gasteiger partial charge in [0, 0.05) is 29.2 Å². The average molecular weight is 346 g/mol. The van der Waals surface area contributed by atoms with E-state index in [1.165, 1.54) is 6.42 Å². The van der Waals surface area contributed by atoms with Crippen molar-refractivity contribution in [3.05, 3.63) is 33.3 Å². The molecule has 1 saturated heterocycles. The highest BCUT2D eigenvalue weighted by molar-refractivity contribution is 9.10. The van der Waals surface area contributed by atoms with Gasteiger partial charge in [0.2, 0.25) is 0 Å². The number of carbonyl (C=O) groups is 1. The van der Waals surface area contributed by atoms with Crippen molar-refractivity contribution in [2.45, 2.75) is 25.8 Å². The summed E-state index contributed by atoms with van der Waals surface area (Å²) in [6, 6.07) is 5.77. The van der Waals surface area contributed by atoms with E-state index in [2.05, 4.69) is 21.2 Å². The summed E-state index contributed by atoms with van der Waals surface area (Å²) in [5.41, 5.74) is 0.646. The number of benzene rings is 1. The molecule has 0 aliphatic carbocycles. The topological polar surface area (TPSA) is 32.3 Å². The molecule has 0 radical (unpaired) electrons. The van der Waals surface area contributed by atoms with Crippen LogP contribution >= 0.6 is 27.5 Å². The van der Waals surface area contributed by atoms with Crippen LogP contribution in [0.1, 0.15) is 30.1 Å². The minimum absolute atomic E-state index is 0.0469. The Morgan fingerprint density at radius 3 is 2.95 bits per heavy atom. The Bertz CT molecular complexity index is 461. The molecule has 1 aromatic carbocycles. The van der Waals surface area contributed by atoms with Crippen LogP contribution in [0.15, 0.2) is 22.7 Å². The van der Waals surface area contributed by atoms with E-state index >= 15 is 0 Å². The van der Waals surface area contributed by atoms with Crippen molar-refractivity contribution < 1.29 is 4.79 Å². The van der Waals surface area contributed by atoms with Crippen LogP contribution in [-0.4, -0.2) is 36.5 Å². The number of carbonyl (C=O) groups excluding carboxylic acids is 1. The van der Waals surface area contributed by atoms with Crippen molar-refractivity contribution in [2.75, 3.05) is 19.6 Å². The second-order valence-electron chi connectivity index (χ2n) is 4.77. The van der Waals surface area contributed by atoms with Crippen LogP contribution in [0.25, 0.3) is 0 Å². The summed E-state index contributed by atoms with van der Waals surface area (Å²) in [5, 5.41) is 3.99. The lowest BCUT2D eigenvalue weighted by molar-refractivity contribution is 0.0751. The Hall–Kier alpha value is -0.580. The van der Waals surface area contributed by atoms with Crippen LogP contribution < -0.4 is 5.32 Å². The van der Waals surface area contributed by atoms with E-state index in [4.69, 9.17) is 11.6 Å². The van der Waals surface area contributed by atoms with Crippen molar-refractivity contribution in [1.29, 1.82) is 0 Å². The van der Waals surface area contributed by atoms with Crippen LogP contribution in [0.2, 0.25) is 5.02 Å². The molecule has 1 unspecified atom stereocenters. The first kappa shape index (κ1) is 14.8. The normalized spacial score (nSPS) is 18.6. The minimum Gasteiger partial charge on any atom is -0.337 e. The third kappa shape index (κ3) is 3.71. The molecule has 19 heavy (non-hydrogen) atoms. The maximum atomic E-state index is 12.5. The summed E-state index contributed by atoms with van der Waals surface area (Å²) < 4.78 is 0.811. The summed E-state index contributed by atoms with van der Waals surface area (Å²) in [4.78, 5) is 14.3. The Morgan fingerprint density at radius 1 is 1.58 bits per heavy atom. The van der Waals surface area contributed by atoms with E-state index in [-0.39, 0.29) is 5.91 Å². The molecule has 0 bridgehead atoms. The van der Waals surface area contributed by atoms with Gasteiger partial charge in [-0.25, -0.2) is 0 Å². The van der Waals surface area contributed by atoms with Crippen LogP contribution in [0.3, 0.4) is 0 Å². The highest BCUT2D eigenvalue weighted by atomic mass is 79.9. The minimum atomic E-state index is 0.0469. The quantitative estimate of drug-likeness (QED) is 0.908. The van der Waals surface area contributed by atoms with E-state index < -0.39 is 0 Å². The molecule has 1 fully saturated rings. The third-order valence-electron chi connectivity index (χ3n) is 3.44. The monoisotopic (exact) mass is 344 g/mol. The Kier molecular flexibility index (Phi) is 5.25. The van der Waals surface area contributed by atoms with Gasteiger partial charge in [-0.1, -0.05) is 11.6 Å². The van der Waals surface area contributed by atoms with Gasteiger partial charge in [-0.2, -0.15) is 0 Å². The lowest BCUT2D eigenvalue weighted by Gasteiger charge is -2.24. The van der Waals surface area contributed by atoms with E-state index in [9.17, 15) is 4.79 Å². The number of hydrogen-bond donors (Lipinski definition) is 1. The second kappa shape index (κ2) is 6.73. The zero-order chi connectivity index (χ0) is 13.8. The van der Waals surface area contributed by atoms with E-state index in [1.807, 2.05) is 24.0 Å². The standard InChI is InChI=1S/C14H18BrClN2O/c1-2-18(9-11-4-3-7-17-11)14(19)10-5-6-12(15)13(16)8-10/h5-6,8,11,17H,2-4,7,9H2,1H3. The fraction of sp³-hybridized carbons (Fsp3) is 0.500. The number of nitrogens with one attached hydrogen (secondary N) is 1. The molecule has 1 N–H and O–H groups in total. The van der Waals surface area contributed by atoms with E-state index in [0.29, 0.717) is 23.2 Å². The predicted molar refractivity (Wildman–Crippen MR) is 81.8 cm³/mol. The molecule has 0 aromatic heterocycles. The number of rotatable bonds is 4. The van der Waals surface area contributed by atoms with Crippen molar-refractivity contribution >= 4 is 33.4 Å². The lowest BCUT2D eigenvalue weighted by Crippen LogP contribution is -2.41. The second-order valence-corrected chi connectivity index (χ2v) is 6.03. The molecule has 2 rings (SSSR count). The number of amides is 1. The highest BCUT2D eigenvalue weighted by Gasteiger charge is 2.21. The lowest BCUT2D eigenvalue weighted by atomic mass is 10.1. The summed E-state index contributed by atoms with van der Waals surface area (Å²) >= 11 is 9.38. The number of halogens is 2. The van der Waals surface area contributed by atoms with Crippen molar-refractivity contribution in [1.82, 2.24) is 10.2 Å². The van der Waals surface area contributed by atoms with Crippen molar-refractivity contribution in [2.24, 2.45) is 0 Å². The molecular weight excluding hydrogens is 328 g/mol. The fourth-order valence-electron chi connectivity index (χ4n) is 2.35. The number of nitrogens with zero attached hydrogens (tertiary/aromatic N) is 1. The van der Waals surface area contributed by atoms with Gasteiger partial charge in [0.05, 0.1) is 5.02 Å². The Morgan fingerprint density at radius 2 is 2.37 bits per heavy atom. The molecule has 5 heteroatoms. The molecule has 0 spiro atoms. The fourth-order valence-corrected chi connectivity index (χ4v) is 2.77. The molecule has 3 nitrogen and oxygen atoms in total. The maximum absolute atomic E-state index is 12.5. The number of likely N-dealkylation sites (N-methyl/N-ethyl adjacent to an activating group) is 1. The molecule has 1 aliphatic rings. The van der Waals surface area contributed by atoms with Gasteiger partial charge >= 0.3 is 0 Å². The molecule has 104 valence electrons.